The van der Waals surface area contributed by atoms with Crippen molar-refractivity contribution in [2.24, 2.45) is 4.99 Å². The second kappa shape index (κ2) is 8.42. The van der Waals surface area contributed by atoms with Gasteiger partial charge in [0.15, 0.2) is 0 Å². The topological polar surface area (TPSA) is 62.7 Å². The number of hydrogen-bond acceptors (Lipinski definition) is 4. The number of carbonyl (C=O) groups excluding carboxylic acids is 1. The molecule has 0 aliphatic heterocycles. The zero-order valence-electron chi connectivity index (χ0n) is 17.3. The summed E-state index contributed by atoms with van der Waals surface area (Å²) in [5.41, 5.74) is 3.49. The third-order valence-corrected chi connectivity index (χ3v) is 5.00. The van der Waals surface area contributed by atoms with E-state index in [1.807, 2.05) is 52.0 Å². The van der Waals surface area contributed by atoms with Crippen LogP contribution in [-0.4, -0.2) is 25.3 Å². The molecule has 5 nitrogen and oxygen atoms in total. The second-order valence-electron chi connectivity index (χ2n) is 7.66. The van der Waals surface area contributed by atoms with E-state index in [0.29, 0.717) is 11.4 Å². The van der Waals surface area contributed by atoms with Crippen LogP contribution >= 0.6 is 0 Å². The first kappa shape index (κ1) is 20.7. The van der Waals surface area contributed by atoms with Gasteiger partial charge in [-0.15, -0.1) is 0 Å². The number of rotatable bonds is 8. The molecule has 0 heterocycles. The lowest BCUT2D eigenvalue weighted by atomic mass is 10.00. The van der Waals surface area contributed by atoms with Crippen LogP contribution in [0.2, 0.25) is 0 Å². The first-order valence-electron chi connectivity index (χ1n) is 9.29. The number of amides is 1. The van der Waals surface area contributed by atoms with E-state index in [1.165, 1.54) is 0 Å². The van der Waals surface area contributed by atoms with E-state index >= 15 is 0 Å². The highest BCUT2D eigenvalue weighted by Gasteiger charge is 2.38. The molecule has 1 fully saturated rings. The summed E-state index contributed by atoms with van der Waals surface area (Å²) in [6.45, 7) is 13.6. The number of carbonyl (C=O) groups is 1. The fourth-order valence-corrected chi connectivity index (χ4v) is 2.99. The smallest absolute Gasteiger partial charge is 0.252 e. The maximum Gasteiger partial charge on any atom is 0.252 e. The van der Waals surface area contributed by atoms with Gasteiger partial charge in [-0.1, -0.05) is 17.7 Å². The Hall–Kier alpha value is -2.56. The van der Waals surface area contributed by atoms with Crippen molar-refractivity contribution in [3.63, 3.8) is 0 Å². The molecule has 0 spiro atoms. The average Bonchev–Trinajstić information content (AvgIpc) is 3.36. The zero-order valence-corrected chi connectivity index (χ0v) is 17.3. The van der Waals surface area contributed by atoms with Crippen molar-refractivity contribution < 1.29 is 9.53 Å². The Morgan fingerprint density at radius 2 is 1.81 bits per heavy atom. The fourth-order valence-electron chi connectivity index (χ4n) is 2.99. The minimum absolute atomic E-state index is 0.0669. The van der Waals surface area contributed by atoms with Crippen molar-refractivity contribution >= 4 is 12.6 Å². The molecular weight excluding hydrogens is 338 g/mol. The Morgan fingerprint density at radius 1 is 1.22 bits per heavy atom. The second-order valence-corrected chi connectivity index (χ2v) is 7.66. The SMILES string of the molecule is C=N/C(NC1(C)CC1)=C(\C)C(C(=O)NC(C)c1ccc(OC)cc1)=C(C)C. The van der Waals surface area contributed by atoms with E-state index in [9.17, 15) is 4.79 Å². The summed E-state index contributed by atoms with van der Waals surface area (Å²) in [5, 5.41) is 6.52. The summed E-state index contributed by atoms with van der Waals surface area (Å²) in [6.07, 6.45) is 2.20. The van der Waals surface area contributed by atoms with Crippen LogP contribution in [0.15, 0.2) is 51.8 Å². The Balaban J connectivity index is 2.21. The van der Waals surface area contributed by atoms with Gasteiger partial charge in [-0.25, -0.2) is 4.99 Å². The number of benzene rings is 1. The maximum absolute atomic E-state index is 13.0. The molecule has 2 N–H and O–H groups in total. The van der Waals surface area contributed by atoms with Crippen molar-refractivity contribution in [2.45, 2.75) is 59.0 Å². The molecule has 27 heavy (non-hydrogen) atoms. The number of aliphatic imine (C=N–C) groups is 1. The van der Waals surface area contributed by atoms with Crippen molar-refractivity contribution in [3.8, 4) is 5.75 Å². The van der Waals surface area contributed by atoms with Crippen molar-refractivity contribution in [1.82, 2.24) is 10.6 Å². The van der Waals surface area contributed by atoms with Gasteiger partial charge in [0.05, 0.1) is 13.2 Å². The van der Waals surface area contributed by atoms with Crippen LogP contribution in [-0.2, 0) is 4.79 Å². The molecular formula is C22H31N3O2. The van der Waals surface area contributed by atoms with Gasteiger partial charge in [-0.05, 0) is 71.9 Å². The largest absolute Gasteiger partial charge is 0.497 e. The summed E-state index contributed by atoms with van der Waals surface area (Å²) >= 11 is 0. The van der Waals surface area contributed by atoms with Gasteiger partial charge >= 0.3 is 0 Å². The predicted molar refractivity (Wildman–Crippen MR) is 111 cm³/mol. The number of hydrogen-bond donors (Lipinski definition) is 2. The molecule has 146 valence electrons. The van der Waals surface area contributed by atoms with Crippen LogP contribution in [0.1, 0.15) is 59.1 Å². The Morgan fingerprint density at radius 3 is 2.26 bits per heavy atom. The quantitative estimate of drug-likeness (QED) is 0.408. The summed E-state index contributed by atoms with van der Waals surface area (Å²) in [7, 11) is 1.64. The lowest BCUT2D eigenvalue weighted by Crippen LogP contribution is -2.31. The number of allylic oxidation sites excluding steroid dienone is 1. The number of methoxy groups -OCH3 is 1. The highest BCUT2D eigenvalue weighted by molar-refractivity contribution is 5.98. The van der Waals surface area contributed by atoms with Gasteiger partial charge in [0, 0.05) is 16.7 Å². The minimum Gasteiger partial charge on any atom is -0.497 e. The minimum atomic E-state index is -0.125. The lowest BCUT2D eigenvalue weighted by Gasteiger charge is -2.20. The number of ether oxygens (including phenoxy) is 1. The fraction of sp³-hybridized carbons (Fsp3) is 0.455. The van der Waals surface area contributed by atoms with E-state index in [0.717, 1.165) is 35.3 Å². The lowest BCUT2D eigenvalue weighted by molar-refractivity contribution is -0.117. The third-order valence-electron chi connectivity index (χ3n) is 5.00. The third kappa shape index (κ3) is 5.22. The molecule has 0 saturated heterocycles. The molecule has 1 amide bonds. The zero-order chi connectivity index (χ0) is 20.2. The molecule has 1 atom stereocenters. The summed E-state index contributed by atoms with van der Waals surface area (Å²) in [4.78, 5) is 17.2. The monoisotopic (exact) mass is 369 g/mol. The molecule has 1 unspecified atom stereocenters. The Labute approximate surface area is 162 Å². The van der Waals surface area contributed by atoms with Gasteiger partial charge in [0.2, 0.25) is 0 Å². The van der Waals surface area contributed by atoms with Crippen molar-refractivity contribution in [1.29, 1.82) is 0 Å². The normalized spacial score (nSPS) is 16.5. The van der Waals surface area contributed by atoms with Gasteiger partial charge in [0.1, 0.15) is 11.6 Å². The Bertz CT molecular complexity index is 767. The van der Waals surface area contributed by atoms with Crippen LogP contribution in [0, 0.1) is 0 Å². The average molecular weight is 370 g/mol. The summed E-state index contributed by atoms with van der Waals surface area (Å²) < 4.78 is 5.19. The number of nitrogens with one attached hydrogen (secondary N) is 2. The molecule has 0 bridgehead atoms. The summed E-state index contributed by atoms with van der Waals surface area (Å²) in [6, 6.07) is 7.58. The highest BCUT2D eigenvalue weighted by atomic mass is 16.5. The predicted octanol–water partition coefficient (Wildman–Crippen LogP) is 4.28. The molecule has 1 saturated carbocycles. The van der Waals surface area contributed by atoms with E-state index in [1.54, 1.807) is 7.11 Å². The molecule has 1 aromatic rings. The van der Waals surface area contributed by atoms with Crippen LogP contribution < -0.4 is 15.4 Å². The highest BCUT2D eigenvalue weighted by Crippen LogP contribution is 2.36. The van der Waals surface area contributed by atoms with E-state index < -0.39 is 0 Å². The molecule has 1 aromatic carbocycles. The van der Waals surface area contributed by atoms with Crippen LogP contribution in [0.3, 0.4) is 0 Å². The number of nitrogens with zero attached hydrogens (tertiary/aromatic N) is 1. The van der Waals surface area contributed by atoms with Gasteiger partial charge in [0.25, 0.3) is 5.91 Å². The van der Waals surface area contributed by atoms with Gasteiger partial charge in [-0.2, -0.15) is 0 Å². The standard InChI is InChI=1S/C22H31N3O2/c1-14(2)19(15(3)20(23-6)25-22(5)12-13-22)21(26)24-16(4)17-8-10-18(27-7)11-9-17/h8-11,16,25H,6,12-13H2,1-5,7H3,(H,24,26)/b20-15-. The van der Waals surface area contributed by atoms with Crippen molar-refractivity contribution in [2.75, 3.05) is 7.11 Å². The van der Waals surface area contributed by atoms with E-state index in [2.05, 4.69) is 29.3 Å². The first-order chi connectivity index (χ1) is 12.7. The molecule has 0 radical (unpaired) electrons. The van der Waals surface area contributed by atoms with E-state index in [-0.39, 0.29) is 17.5 Å². The molecule has 1 aliphatic carbocycles. The van der Waals surface area contributed by atoms with Crippen LogP contribution in [0.5, 0.6) is 5.75 Å². The molecule has 2 rings (SSSR count). The molecule has 5 heteroatoms. The van der Waals surface area contributed by atoms with Crippen molar-refractivity contribution in [3.05, 3.63) is 52.4 Å². The maximum atomic E-state index is 13.0. The summed E-state index contributed by atoms with van der Waals surface area (Å²) in [5.74, 6) is 1.36. The van der Waals surface area contributed by atoms with E-state index in [4.69, 9.17) is 4.74 Å². The Kier molecular flexibility index (Phi) is 6.47. The van der Waals surface area contributed by atoms with Gasteiger partial charge in [-0.3, -0.25) is 4.79 Å². The first-order valence-corrected chi connectivity index (χ1v) is 9.29. The molecule has 1 aliphatic rings. The van der Waals surface area contributed by atoms with Gasteiger partial charge < -0.3 is 15.4 Å². The van der Waals surface area contributed by atoms with Crippen LogP contribution in [0.25, 0.3) is 0 Å². The molecule has 0 aromatic heterocycles. The van der Waals surface area contributed by atoms with Crippen LogP contribution in [0.4, 0.5) is 0 Å².